The predicted octanol–water partition coefficient (Wildman–Crippen LogP) is 4.50. The Morgan fingerprint density at radius 1 is 0.946 bits per heavy atom. The summed E-state index contributed by atoms with van der Waals surface area (Å²) < 4.78 is 1.81. The molecule has 2 aromatic carbocycles. The smallest absolute Gasteiger partial charge is 0.246 e. The molecule has 0 aliphatic carbocycles. The number of hydrogen-bond acceptors (Lipinski definition) is 4. The Morgan fingerprint density at radius 3 is 2.38 bits per heavy atom. The van der Waals surface area contributed by atoms with E-state index in [-0.39, 0.29) is 17.7 Å². The SMILES string of the molecule is O=C(NCc1ccccc1)C1CCN(C(=O)/C=C/c2cn(-c3ccccc3)nc2-c2cccnc2)CC1. The predicted molar refractivity (Wildman–Crippen MR) is 143 cm³/mol. The molecule has 5 rings (SSSR count). The Morgan fingerprint density at radius 2 is 1.68 bits per heavy atom. The van der Waals surface area contributed by atoms with Gasteiger partial charge in [0.05, 0.1) is 5.69 Å². The Balaban J connectivity index is 1.22. The van der Waals surface area contributed by atoms with Gasteiger partial charge in [0.25, 0.3) is 0 Å². The number of carbonyl (C=O) groups excluding carboxylic acids is 2. The molecule has 1 aliphatic heterocycles. The van der Waals surface area contributed by atoms with Gasteiger partial charge >= 0.3 is 0 Å². The number of nitrogens with zero attached hydrogens (tertiary/aromatic N) is 4. The normalized spacial score (nSPS) is 14.1. The molecule has 0 spiro atoms. The Hall–Kier alpha value is -4.52. The first-order chi connectivity index (χ1) is 18.2. The zero-order chi connectivity index (χ0) is 25.5. The highest BCUT2D eigenvalue weighted by Gasteiger charge is 2.26. The van der Waals surface area contributed by atoms with Crippen LogP contribution in [-0.2, 0) is 16.1 Å². The monoisotopic (exact) mass is 491 g/mol. The van der Waals surface area contributed by atoms with Crippen LogP contribution in [0.2, 0.25) is 0 Å². The molecule has 0 bridgehead atoms. The molecule has 1 fully saturated rings. The summed E-state index contributed by atoms with van der Waals surface area (Å²) in [7, 11) is 0. The average molecular weight is 492 g/mol. The lowest BCUT2D eigenvalue weighted by Gasteiger charge is -2.30. The number of benzene rings is 2. The van der Waals surface area contributed by atoms with Crippen molar-refractivity contribution in [3.63, 3.8) is 0 Å². The number of likely N-dealkylation sites (tertiary alicyclic amines) is 1. The van der Waals surface area contributed by atoms with Gasteiger partial charge in [-0.25, -0.2) is 4.68 Å². The van der Waals surface area contributed by atoms with E-state index in [1.54, 1.807) is 18.5 Å². The summed E-state index contributed by atoms with van der Waals surface area (Å²) in [4.78, 5) is 31.6. The average Bonchev–Trinajstić information content (AvgIpc) is 3.40. The molecular formula is C30H29N5O2. The highest BCUT2D eigenvalue weighted by molar-refractivity contribution is 5.93. The first-order valence-corrected chi connectivity index (χ1v) is 12.5. The number of piperidine rings is 1. The Labute approximate surface area is 216 Å². The number of para-hydroxylation sites is 1. The van der Waals surface area contributed by atoms with Crippen LogP contribution >= 0.6 is 0 Å². The van der Waals surface area contributed by atoms with Gasteiger partial charge in [0, 0.05) is 61.3 Å². The highest BCUT2D eigenvalue weighted by atomic mass is 16.2. The minimum absolute atomic E-state index is 0.0564. The maximum Gasteiger partial charge on any atom is 0.246 e. The van der Waals surface area contributed by atoms with Crippen molar-refractivity contribution in [2.75, 3.05) is 13.1 Å². The summed E-state index contributed by atoms with van der Waals surface area (Å²) in [5, 5.41) is 7.79. The standard InChI is InChI=1S/C30H29N5O2/c36-28(34-18-15-24(16-19-34)30(37)32-20-23-8-3-1-4-9-23)14-13-26-22-35(27-11-5-2-6-12-27)33-29(26)25-10-7-17-31-21-25/h1-14,17,21-22,24H,15-16,18-20H2,(H,32,37)/b14-13+. The molecule has 0 saturated carbocycles. The van der Waals surface area contributed by atoms with Crippen LogP contribution in [-0.4, -0.2) is 44.6 Å². The lowest BCUT2D eigenvalue weighted by Crippen LogP contribution is -2.42. The zero-order valence-corrected chi connectivity index (χ0v) is 20.5. The van der Waals surface area contributed by atoms with Crippen LogP contribution in [0.1, 0.15) is 24.0 Å². The van der Waals surface area contributed by atoms with Gasteiger partial charge in [-0.1, -0.05) is 48.5 Å². The molecular weight excluding hydrogens is 462 g/mol. The second kappa shape index (κ2) is 11.5. The first kappa shape index (κ1) is 24.2. The fraction of sp³-hybridized carbons (Fsp3) is 0.200. The van der Waals surface area contributed by atoms with Crippen LogP contribution < -0.4 is 5.32 Å². The summed E-state index contributed by atoms with van der Waals surface area (Å²) in [5.74, 6) is -0.0771. The molecule has 1 saturated heterocycles. The molecule has 0 radical (unpaired) electrons. The van der Waals surface area contributed by atoms with Gasteiger partial charge in [-0.2, -0.15) is 5.10 Å². The molecule has 4 aromatic rings. The van der Waals surface area contributed by atoms with E-state index in [0.29, 0.717) is 32.5 Å². The van der Waals surface area contributed by atoms with E-state index in [9.17, 15) is 9.59 Å². The van der Waals surface area contributed by atoms with Crippen LogP contribution in [0.25, 0.3) is 23.0 Å². The maximum atomic E-state index is 13.0. The number of pyridine rings is 1. The third-order valence-corrected chi connectivity index (χ3v) is 6.59. The van der Waals surface area contributed by atoms with Crippen molar-refractivity contribution in [1.82, 2.24) is 25.0 Å². The van der Waals surface area contributed by atoms with E-state index in [0.717, 1.165) is 28.1 Å². The zero-order valence-electron chi connectivity index (χ0n) is 20.5. The summed E-state index contributed by atoms with van der Waals surface area (Å²) in [6, 6.07) is 23.6. The summed E-state index contributed by atoms with van der Waals surface area (Å²) in [6.07, 6.45) is 10.1. The van der Waals surface area contributed by atoms with E-state index in [1.807, 2.05) is 94.7 Å². The minimum Gasteiger partial charge on any atom is -0.352 e. The van der Waals surface area contributed by atoms with Crippen LogP contribution in [0.4, 0.5) is 0 Å². The topological polar surface area (TPSA) is 80.1 Å². The first-order valence-electron chi connectivity index (χ1n) is 12.5. The van der Waals surface area contributed by atoms with E-state index >= 15 is 0 Å². The van der Waals surface area contributed by atoms with E-state index in [1.165, 1.54) is 0 Å². The lowest BCUT2D eigenvalue weighted by molar-refractivity contribution is -0.132. The van der Waals surface area contributed by atoms with Crippen molar-refractivity contribution in [3.05, 3.63) is 109 Å². The number of aromatic nitrogens is 3. The Bertz CT molecular complexity index is 1360. The summed E-state index contributed by atoms with van der Waals surface area (Å²) in [6.45, 7) is 1.65. The van der Waals surface area contributed by atoms with Crippen molar-refractivity contribution < 1.29 is 9.59 Å². The number of amides is 2. The van der Waals surface area contributed by atoms with E-state index < -0.39 is 0 Å². The summed E-state index contributed by atoms with van der Waals surface area (Å²) in [5.41, 5.74) is 4.49. The van der Waals surface area contributed by atoms with Crippen LogP contribution in [0.3, 0.4) is 0 Å². The molecule has 37 heavy (non-hydrogen) atoms. The third kappa shape index (κ3) is 6.01. The highest BCUT2D eigenvalue weighted by Crippen LogP contribution is 2.25. The van der Waals surface area contributed by atoms with Gasteiger partial charge in [0.1, 0.15) is 5.69 Å². The van der Waals surface area contributed by atoms with E-state index in [2.05, 4.69) is 10.3 Å². The summed E-state index contributed by atoms with van der Waals surface area (Å²) >= 11 is 0. The van der Waals surface area contributed by atoms with Gasteiger partial charge in [0.15, 0.2) is 0 Å². The quantitative estimate of drug-likeness (QED) is 0.386. The number of rotatable bonds is 7. The largest absolute Gasteiger partial charge is 0.352 e. The lowest BCUT2D eigenvalue weighted by atomic mass is 9.95. The van der Waals surface area contributed by atoms with Crippen molar-refractivity contribution >= 4 is 17.9 Å². The van der Waals surface area contributed by atoms with Gasteiger partial charge in [-0.3, -0.25) is 14.6 Å². The van der Waals surface area contributed by atoms with Gasteiger partial charge in [-0.05, 0) is 48.7 Å². The fourth-order valence-electron chi connectivity index (χ4n) is 4.51. The second-order valence-electron chi connectivity index (χ2n) is 9.09. The molecule has 1 aliphatic rings. The van der Waals surface area contributed by atoms with Crippen molar-refractivity contribution in [3.8, 4) is 16.9 Å². The molecule has 7 nitrogen and oxygen atoms in total. The molecule has 186 valence electrons. The molecule has 1 N–H and O–H groups in total. The third-order valence-electron chi connectivity index (χ3n) is 6.59. The van der Waals surface area contributed by atoms with Crippen LogP contribution in [0, 0.1) is 5.92 Å². The molecule has 2 amide bonds. The van der Waals surface area contributed by atoms with Crippen molar-refractivity contribution in [2.24, 2.45) is 5.92 Å². The van der Waals surface area contributed by atoms with Gasteiger partial charge < -0.3 is 10.2 Å². The van der Waals surface area contributed by atoms with Crippen molar-refractivity contribution in [2.45, 2.75) is 19.4 Å². The van der Waals surface area contributed by atoms with Crippen LogP contribution in [0.15, 0.2) is 97.5 Å². The number of carbonyl (C=O) groups is 2. The van der Waals surface area contributed by atoms with E-state index in [4.69, 9.17) is 5.10 Å². The fourth-order valence-corrected chi connectivity index (χ4v) is 4.51. The number of hydrogen-bond donors (Lipinski definition) is 1. The second-order valence-corrected chi connectivity index (χ2v) is 9.09. The molecule has 7 heteroatoms. The molecule has 0 unspecified atom stereocenters. The molecule has 2 aromatic heterocycles. The number of nitrogens with one attached hydrogen (secondary N) is 1. The molecule has 0 atom stereocenters. The maximum absolute atomic E-state index is 13.0. The Kier molecular flexibility index (Phi) is 7.50. The van der Waals surface area contributed by atoms with Gasteiger partial charge in [0.2, 0.25) is 11.8 Å². The van der Waals surface area contributed by atoms with Crippen LogP contribution in [0.5, 0.6) is 0 Å². The van der Waals surface area contributed by atoms with Crippen molar-refractivity contribution in [1.29, 1.82) is 0 Å². The minimum atomic E-state index is -0.0713. The van der Waals surface area contributed by atoms with Gasteiger partial charge in [-0.15, -0.1) is 0 Å². The molecule has 3 heterocycles.